The number of anilines is 1. The van der Waals surface area contributed by atoms with Crippen molar-refractivity contribution in [3.8, 4) is 5.75 Å². The lowest BCUT2D eigenvalue weighted by molar-refractivity contribution is -0.127. The number of nitrogens with one attached hydrogen (secondary N) is 1. The van der Waals surface area contributed by atoms with E-state index in [9.17, 15) is 13.2 Å². The van der Waals surface area contributed by atoms with Gasteiger partial charge in [-0.3, -0.25) is 4.79 Å². The topological polar surface area (TPSA) is 102 Å². The van der Waals surface area contributed by atoms with Gasteiger partial charge in [-0.1, -0.05) is 0 Å². The summed E-state index contributed by atoms with van der Waals surface area (Å²) in [5, 5.41) is 0. The van der Waals surface area contributed by atoms with Crippen LogP contribution in [-0.2, 0) is 14.8 Å². The van der Waals surface area contributed by atoms with E-state index in [0.717, 1.165) is 0 Å². The monoisotopic (exact) mass is 287 g/mol. The van der Waals surface area contributed by atoms with Gasteiger partial charge in [0.05, 0.1) is 19.3 Å². The standard InChI is InChI=1S/C11H17N3O4S/c1-14(2)11(15)7-13-19(16,17)10-5-4-8(18-3)6-9(10)12/h4-6,13H,7,12H2,1-3H3. The van der Waals surface area contributed by atoms with Gasteiger partial charge in [0.25, 0.3) is 0 Å². The minimum atomic E-state index is -3.82. The molecule has 1 amide bonds. The van der Waals surface area contributed by atoms with Crippen LogP contribution in [0.2, 0.25) is 0 Å². The van der Waals surface area contributed by atoms with Crippen molar-refractivity contribution < 1.29 is 17.9 Å². The molecule has 1 aromatic carbocycles. The molecular weight excluding hydrogens is 270 g/mol. The third kappa shape index (κ3) is 3.83. The molecule has 0 atom stereocenters. The van der Waals surface area contributed by atoms with Gasteiger partial charge in [0.15, 0.2) is 0 Å². The lowest BCUT2D eigenvalue weighted by Gasteiger charge is -2.12. The molecule has 0 aliphatic rings. The number of benzene rings is 1. The minimum Gasteiger partial charge on any atom is -0.497 e. The molecule has 0 spiro atoms. The van der Waals surface area contributed by atoms with Crippen molar-refractivity contribution in [2.45, 2.75) is 4.90 Å². The first-order chi connectivity index (χ1) is 8.77. The summed E-state index contributed by atoms with van der Waals surface area (Å²) in [6, 6.07) is 4.22. The van der Waals surface area contributed by atoms with Crippen molar-refractivity contribution in [1.82, 2.24) is 9.62 Å². The Morgan fingerprint density at radius 3 is 2.53 bits per heavy atom. The number of ether oxygens (including phenoxy) is 1. The highest BCUT2D eigenvalue weighted by Crippen LogP contribution is 2.23. The van der Waals surface area contributed by atoms with Gasteiger partial charge in [-0.05, 0) is 12.1 Å². The summed E-state index contributed by atoms with van der Waals surface area (Å²) in [4.78, 5) is 12.6. The van der Waals surface area contributed by atoms with Gasteiger partial charge < -0.3 is 15.4 Å². The number of nitrogen functional groups attached to an aromatic ring is 1. The Hall–Kier alpha value is -1.80. The number of nitrogens with two attached hydrogens (primary N) is 1. The Morgan fingerprint density at radius 1 is 1.42 bits per heavy atom. The molecule has 0 saturated heterocycles. The molecule has 106 valence electrons. The van der Waals surface area contributed by atoms with Gasteiger partial charge in [0, 0.05) is 20.2 Å². The molecule has 0 heterocycles. The fourth-order valence-electron chi connectivity index (χ4n) is 1.29. The van der Waals surface area contributed by atoms with E-state index in [1.54, 1.807) is 14.1 Å². The number of hydrogen-bond donors (Lipinski definition) is 2. The van der Waals surface area contributed by atoms with Crippen LogP contribution in [0.1, 0.15) is 0 Å². The maximum absolute atomic E-state index is 12.0. The predicted molar refractivity (Wildman–Crippen MR) is 71.3 cm³/mol. The highest BCUT2D eigenvalue weighted by atomic mass is 32.2. The Balaban J connectivity index is 2.92. The zero-order valence-electron chi connectivity index (χ0n) is 11.0. The average Bonchev–Trinajstić information content (AvgIpc) is 2.35. The molecule has 8 heteroatoms. The largest absolute Gasteiger partial charge is 0.497 e. The maximum atomic E-state index is 12.0. The quantitative estimate of drug-likeness (QED) is 0.720. The number of sulfonamides is 1. The van der Waals surface area contributed by atoms with Crippen molar-refractivity contribution in [2.75, 3.05) is 33.5 Å². The summed E-state index contributed by atoms with van der Waals surface area (Å²) in [6.45, 7) is -0.319. The first-order valence-electron chi connectivity index (χ1n) is 5.41. The Bertz CT molecular complexity index is 569. The van der Waals surface area contributed by atoms with Crippen LogP contribution in [0.4, 0.5) is 5.69 Å². The molecule has 1 aromatic rings. The van der Waals surface area contributed by atoms with Crippen molar-refractivity contribution >= 4 is 21.6 Å². The van der Waals surface area contributed by atoms with E-state index in [1.807, 2.05) is 0 Å². The molecule has 0 radical (unpaired) electrons. The molecule has 0 aliphatic heterocycles. The van der Waals surface area contributed by atoms with Gasteiger partial charge in [-0.15, -0.1) is 0 Å². The van der Waals surface area contributed by atoms with E-state index in [1.165, 1.54) is 30.2 Å². The van der Waals surface area contributed by atoms with E-state index in [0.29, 0.717) is 5.75 Å². The Morgan fingerprint density at radius 2 is 2.05 bits per heavy atom. The summed E-state index contributed by atoms with van der Waals surface area (Å²) in [7, 11) is 0.713. The number of methoxy groups -OCH3 is 1. The first kappa shape index (κ1) is 15.3. The average molecular weight is 287 g/mol. The van der Waals surface area contributed by atoms with Gasteiger partial charge >= 0.3 is 0 Å². The summed E-state index contributed by atoms with van der Waals surface area (Å²) in [6.07, 6.45) is 0. The van der Waals surface area contributed by atoms with E-state index in [2.05, 4.69) is 4.72 Å². The molecule has 0 fully saturated rings. The third-order valence-electron chi connectivity index (χ3n) is 2.42. The fourth-order valence-corrected chi connectivity index (χ4v) is 2.38. The molecule has 0 aromatic heterocycles. The van der Waals surface area contributed by atoms with E-state index in [4.69, 9.17) is 10.5 Å². The van der Waals surface area contributed by atoms with Gasteiger partial charge in [-0.25, -0.2) is 13.1 Å². The maximum Gasteiger partial charge on any atom is 0.243 e. The number of carbonyl (C=O) groups excluding carboxylic acids is 1. The number of rotatable bonds is 5. The predicted octanol–water partition coefficient (Wildman–Crippen LogP) is -0.356. The van der Waals surface area contributed by atoms with E-state index in [-0.39, 0.29) is 23.0 Å². The van der Waals surface area contributed by atoms with Gasteiger partial charge in [-0.2, -0.15) is 0 Å². The number of carbonyl (C=O) groups is 1. The zero-order chi connectivity index (χ0) is 14.6. The van der Waals surface area contributed by atoms with Crippen molar-refractivity contribution in [1.29, 1.82) is 0 Å². The second kappa shape index (κ2) is 5.89. The lowest BCUT2D eigenvalue weighted by Crippen LogP contribution is -2.36. The van der Waals surface area contributed by atoms with E-state index >= 15 is 0 Å². The number of hydrogen-bond acceptors (Lipinski definition) is 5. The SMILES string of the molecule is COc1ccc(S(=O)(=O)NCC(=O)N(C)C)c(N)c1. The smallest absolute Gasteiger partial charge is 0.243 e. The Labute approximate surface area is 112 Å². The highest BCUT2D eigenvalue weighted by Gasteiger charge is 2.19. The van der Waals surface area contributed by atoms with Crippen molar-refractivity contribution in [3.05, 3.63) is 18.2 Å². The third-order valence-corrected chi connectivity index (χ3v) is 3.89. The van der Waals surface area contributed by atoms with Crippen LogP contribution in [0.15, 0.2) is 23.1 Å². The molecule has 0 bridgehead atoms. The normalized spacial score (nSPS) is 11.1. The van der Waals surface area contributed by atoms with Crippen LogP contribution < -0.4 is 15.2 Å². The highest BCUT2D eigenvalue weighted by molar-refractivity contribution is 7.89. The van der Waals surface area contributed by atoms with Gasteiger partial charge in [0.2, 0.25) is 15.9 Å². The second-order valence-corrected chi connectivity index (χ2v) is 5.75. The summed E-state index contributed by atoms with van der Waals surface area (Å²) in [5.41, 5.74) is 5.71. The number of nitrogens with zero attached hydrogens (tertiary/aromatic N) is 1. The summed E-state index contributed by atoms with van der Waals surface area (Å²) >= 11 is 0. The molecule has 3 N–H and O–H groups in total. The van der Waals surface area contributed by atoms with Crippen LogP contribution in [0.25, 0.3) is 0 Å². The molecular formula is C11H17N3O4S. The Kier molecular flexibility index (Phi) is 4.73. The molecule has 0 unspecified atom stereocenters. The zero-order valence-corrected chi connectivity index (χ0v) is 11.8. The second-order valence-electron chi connectivity index (χ2n) is 4.02. The van der Waals surface area contributed by atoms with Crippen LogP contribution in [0.3, 0.4) is 0 Å². The molecule has 7 nitrogen and oxygen atoms in total. The molecule has 0 saturated carbocycles. The molecule has 19 heavy (non-hydrogen) atoms. The van der Waals surface area contributed by atoms with Crippen molar-refractivity contribution in [3.63, 3.8) is 0 Å². The van der Waals surface area contributed by atoms with Crippen LogP contribution >= 0.6 is 0 Å². The number of amides is 1. The number of likely N-dealkylation sites (N-methyl/N-ethyl adjacent to an activating group) is 1. The molecule has 1 rings (SSSR count). The van der Waals surface area contributed by atoms with Crippen LogP contribution in [0, 0.1) is 0 Å². The van der Waals surface area contributed by atoms with Crippen molar-refractivity contribution in [2.24, 2.45) is 0 Å². The fraction of sp³-hybridized carbons (Fsp3) is 0.364. The van der Waals surface area contributed by atoms with E-state index < -0.39 is 10.0 Å². The lowest BCUT2D eigenvalue weighted by atomic mass is 10.3. The summed E-state index contributed by atoms with van der Waals surface area (Å²) < 4.78 is 31.1. The van der Waals surface area contributed by atoms with Crippen LogP contribution in [0.5, 0.6) is 5.75 Å². The van der Waals surface area contributed by atoms with Gasteiger partial charge in [0.1, 0.15) is 10.6 Å². The molecule has 0 aliphatic carbocycles. The van der Waals surface area contributed by atoms with Crippen LogP contribution in [-0.4, -0.2) is 47.0 Å². The minimum absolute atomic E-state index is 0.0594. The first-order valence-corrected chi connectivity index (χ1v) is 6.89. The summed E-state index contributed by atoms with van der Waals surface area (Å²) in [5.74, 6) is 0.108.